The zero-order valence-corrected chi connectivity index (χ0v) is 14.0. The van der Waals surface area contributed by atoms with Crippen molar-refractivity contribution in [3.05, 3.63) is 53.7 Å². The molecule has 0 aliphatic heterocycles. The van der Waals surface area contributed by atoms with Crippen molar-refractivity contribution in [1.82, 2.24) is 9.88 Å². The summed E-state index contributed by atoms with van der Waals surface area (Å²) in [6.07, 6.45) is 2.81. The van der Waals surface area contributed by atoms with Gasteiger partial charge in [-0.2, -0.15) is 0 Å². The molecule has 5 heteroatoms. The van der Waals surface area contributed by atoms with E-state index in [9.17, 15) is 4.79 Å². The number of hydrogen-bond acceptors (Lipinski definition) is 4. The minimum Gasteiger partial charge on any atom is -0.384 e. The van der Waals surface area contributed by atoms with Gasteiger partial charge in [-0.1, -0.05) is 17.7 Å². The second-order valence-corrected chi connectivity index (χ2v) is 5.84. The molecular formula is C18H24N4O. The van der Waals surface area contributed by atoms with E-state index < -0.39 is 0 Å². The molecule has 23 heavy (non-hydrogen) atoms. The number of aromatic nitrogens is 1. The van der Waals surface area contributed by atoms with Crippen LogP contribution in [0.4, 0.5) is 11.5 Å². The number of carbonyl (C=O) groups is 1. The Hall–Kier alpha value is -2.40. The number of pyridine rings is 1. The SMILES string of the molecule is Cc1cccc(C(=O)Nc2ccc(NCCCN(C)C)cn2)c1. The van der Waals surface area contributed by atoms with Crippen LogP contribution in [-0.4, -0.2) is 43.0 Å². The first-order chi connectivity index (χ1) is 11.0. The van der Waals surface area contributed by atoms with Gasteiger partial charge < -0.3 is 15.5 Å². The first-order valence-corrected chi connectivity index (χ1v) is 7.77. The number of rotatable bonds is 7. The lowest BCUT2D eigenvalue weighted by atomic mass is 10.1. The minimum absolute atomic E-state index is 0.145. The molecule has 0 saturated heterocycles. The predicted octanol–water partition coefficient (Wildman–Crippen LogP) is 3.01. The van der Waals surface area contributed by atoms with Crippen LogP contribution in [-0.2, 0) is 0 Å². The van der Waals surface area contributed by atoms with Crippen molar-refractivity contribution in [2.24, 2.45) is 0 Å². The number of carbonyl (C=O) groups excluding carboxylic acids is 1. The maximum atomic E-state index is 12.2. The van der Waals surface area contributed by atoms with Crippen molar-refractivity contribution in [2.75, 3.05) is 37.8 Å². The molecule has 0 radical (unpaired) electrons. The van der Waals surface area contributed by atoms with Crippen LogP contribution in [0.2, 0.25) is 0 Å². The Labute approximate surface area is 137 Å². The van der Waals surface area contributed by atoms with Crippen LogP contribution >= 0.6 is 0 Å². The van der Waals surface area contributed by atoms with Crippen LogP contribution in [0.1, 0.15) is 22.3 Å². The summed E-state index contributed by atoms with van der Waals surface area (Å²) in [6.45, 7) is 3.91. The molecule has 0 saturated carbocycles. The lowest BCUT2D eigenvalue weighted by Crippen LogP contribution is -2.16. The van der Waals surface area contributed by atoms with Crippen LogP contribution in [0, 0.1) is 6.92 Å². The topological polar surface area (TPSA) is 57.3 Å². The van der Waals surface area contributed by atoms with Gasteiger partial charge in [-0.25, -0.2) is 4.98 Å². The Bertz CT molecular complexity index is 638. The molecule has 2 rings (SSSR count). The third-order valence-corrected chi connectivity index (χ3v) is 3.40. The van der Waals surface area contributed by atoms with Crippen LogP contribution in [0.5, 0.6) is 0 Å². The molecule has 0 fully saturated rings. The number of anilines is 2. The number of hydrogen-bond donors (Lipinski definition) is 2. The summed E-state index contributed by atoms with van der Waals surface area (Å²) >= 11 is 0. The minimum atomic E-state index is -0.145. The van der Waals surface area contributed by atoms with Crippen molar-refractivity contribution in [3.63, 3.8) is 0 Å². The zero-order valence-electron chi connectivity index (χ0n) is 14.0. The second-order valence-electron chi connectivity index (χ2n) is 5.84. The second kappa shape index (κ2) is 8.29. The fourth-order valence-electron chi connectivity index (χ4n) is 2.18. The van der Waals surface area contributed by atoms with Gasteiger partial charge >= 0.3 is 0 Å². The average Bonchev–Trinajstić information content (AvgIpc) is 2.53. The van der Waals surface area contributed by atoms with Crippen LogP contribution in [0.3, 0.4) is 0 Å². The fraction of sp³-hybridized carbons (Fsp3) is 0.333. The van der Waals surface area contributed by atoms with Gasteiger partial charge in [-0.05, 0) is 58.3 Å². The van der Waals surface area contributed by atoms with Crippen molar-refractivity contribution >= 4 is 17.4 Å². The molecule has 1 heterocycles. The third kappa shape index (κ3) is 5.71. The Morgan fingerprint density at radius 3 is 2.70 bits per heavy atom. The van der Waals surface area contributed by atoms with E-state index in [1.807, 2.05) is 37.3 Å². The standard InChI is InChI=1S/C18H24N4O/c1-14-6-4-7-15(12-14)18(23)21-17-9-8-16(13-20-17)19-10-5-11-22(2)3/h4,6-9,12-13,19H,5,10-11H2,1-3H3,(H,20,21,23). The molecule has 1 aromatic carbocycles. The molecule has 0 unspecified atom stereocenters. The van der Waals surface area contributed by atoms with Gasteiger partial charge in [0, 0.05) is 12.1 Å². The number of nitrogens with one attached hydrogen (secondary N) is 2. The molecule has 0 bridgehead atoms. The summed E-state index contributed by atoms with van der Waals surface area (Å²) in [7, 11) is 4.13. The highest BCUT2D eigenvalue weighted by Crippen LogP contribution is 2.12. The lowest BCUT2D eigenvalue weighted by Gasteiger charge is -2.11. The highest BCUT2D eigenvalue weighted by molar-refractivity contribution is 6.03. The molecule has 1 aromatic heterocycles. The monoisotopic (exact) mass is 312 g/mol. The predicted molar refractivity (Wildman–Crippen MR) is 95.0 cm³/mol. The Kier molecular flexibility index (Phi) is 6.11. The van der Waals surface area contributed by atoms with Gasteiger partial charge in [0.25, 0.3) is 5.91 Å². The third-order valence-electron chi connectivity index (χ3n) is 3.40. The molecule has 0 aliphatic rings. The van der Waals surface area contributed by atoms with Gasteiger partial charge in [-0.15, -0.1) is 0 Å². The largest absolute Gasteiger partial charge is 0.384 e. The van der Waals surface area contributed by atoms with Gasteiger partial charge in [-0.3, -0.25) is 4.79 Å². The normalized spacial score (nSPS) is 10.6. The number of nitrogens with zero attached hydrogens (tertiary/aromatic N) is 2. The first-order valence-electron chi connectivity index (χ1n) is 7.77. The molecule has 0 atom stereocenters. The lowest BCUT2D eigenvalue weighted by molar-refractivity contribution is 0.102. The van der Waals surface area contributed by atoms with Crippen molar-refractivity contribution in [1.29, 1.82) is 0 Å². The van der Waals surface area contributed by atoms with E-state index in [0.29, 0.717) is 11.4 Å². The van der Waals surface area contributed by atoms with Gasteiger partial charge in [0.2, 0.25) is 0 Å². The van der Waals surface area contributed by atoms with E-state index in [1.54, 1.807) is 12.3 Å². The van der Waals surface area contributed by atoms with E-state index >= 15 is 0 Å². The first kappa shape index (κ1) is 17.0. The number of amides is 1. The summed E-state index contributed by atoms with van der Waals surface area (Å²) in [5.74, 6) is 0.406. The molecular weight excluding hydrogens is 288 g/mol. The van der Waals surface area contributed by atoms with Crippen molar-refractivity contribution in [3.8, 4) is 0 Å². The van der Waals surface area contributed by atoms with E-state index in [2.05, 4.69) is 34.6 Å². The average molecular weight is 312 g/mol. The molecule has 2 aromatic rings. The Balaban J connectivity index is 1.86. The van der Waals surface area contributed by atoms with Gasteiger partial charge in [0.1, 0.15) is 5.82 Å². The van der Waals surface area contributed by atoms with E-state index in [-0.39, 0.29) is 5.91 Å². The smallest absolute Gasteiger partial charge is 0.256 e. The highest BCUT2D eigenvalue weighted by atomic mass is 16.1. The molecule has 122 valence electrons. The zero-order chi connectivity index (χ0) is 16.7. The van der Waals surface area contributed by atoms with Crippen molar-refractivity contribution < 1.29 is 4.79 Å². The number of benzene rings is 1. The maximum absolute atomic E-state index is 12.2. The Morgan fingerprint density at radius 1 is 1.22 bits per heavy atom. The number of aryl methyl sites for hydroxylation is 1. The summed E-state index contributed by atoms with van der Waals surface area (Å²) in [6, 6.07) is 11.2. The van der Waals surface area contributed by atoms with Gasteiger partial charge in [0.15, 0.2) is 0 Å². The molecule has 1 amide bonds. The van der Waals surface area contributed by atoms with Crippen LogP contribution in [0.15, 0.2) is 42.6 Å². The van der Waals surface area contributed by atoms with E-state index in [4.69, 9.17) is 0 Å². The fourth-order valence-corrected chi connectivity index (χ4v) is 2.18. The van der Waals surface area contributed by atoms with E-state index in [1.165, 1.54) is 0 Å². The highest BCUT2D eigenvalue weighted by Gasteiger charge is 2.06. The summed E-state index contributed by atoms with van der Waals surface area (Å²) in [5, 5.41) is 6.13. The molecule has 2 N–H and O–H groups in total. The Morgan fingerprint density at radius 2 is 2.04 bits per heavy atom. The van der Waals surface area contributed by atoms with Gasteiger partial charge in [0.05, 0.1) is 11.9 Å². The summed E-state index contributed by atoms with van der Waals surface area (Å²) in [5.41, 5.74) is 2.65. The van der Waals surface area contributed by atoms with E-state index in [0.717, 1.165) is 30.8 Å². The summed E-state index contributed by atoms with van der Waals surface area (Å²) in [4.78, 5) is 18.6. The van der Waals surface area contributed by atoms with Crippen LogP contribution in [0.25, 0.3) is 0 Å². The molecule has 5 nitrogen and oxygen atoms in total. The maximum Gasteiger partial charge on any atom is 0.256 e. The summed E-state index contributed by atoms with van der Waals surface area (Å²) < 4.78 is 0. The van der Waals surface area contributed by atoms with Crippen molar-refractivity contribution in [2.45, 2.75) is 13.3 Å². The molecule has 0 spiro atoms. The molecule has 0 aliphatic carbocycles. The quantitative estimate of drug-likeness (QED) is 0.772. The van der Waals surface area contributed by atoms with Crippen LogP contribution < -0.4 is 10.6 Å².